The van der Waals surface area contributed by atoms with Crippen LogP contribution < -0.4 is 40.2 Å². The van der Waals surface area contributed by atoms with E-state index in [9.17, 15) is 57.3 Å². The Balaban J connectivity index is 0.819. The highest BCUT2D eigenvalue weighted by molar-refractivity contribution is 7.90. The molecular weight excluding hydrogens is 1350 g/mol. The van der Waals surface area contributed by atoms with Crippen LogP contribution in [0.2, 0.25) is 0 Å². The summed E-state index contributed by atoms with van der Waals surface area (Å²) in [6.07, 6.45) is 7.41. The van der Waals surface area contributed by atoms with Gasteiger partial charge in [-0.2, -0.15) is 9.82 Å². The fourth-order valence-corrected chi connectivity index (χ4v) is 12.6. The van der Waals surface area contributed by atoms with Crippen LogP contribution in [0, 0.1) is 13.8 Å². The number of imidazole rings is 1. The zero-order chi connectivity index (χ0) is 72.1. The lowest BCUT2D eigenvalue weighted by molar-refractivity contribution is -0.433. The molecule has 0 aliphatic carbocycles. The molecular formula is C64H94N14O20S2. The van der Waals surface area contributed by atoms with Gasteiger partial charge >= 0.3 is 17.9 Å². The Kier molecular flexibility index (Phi) is 35.7. The van der Waals surface area contributed by atoms with Gasteiger partial charge in [-0.15, -0.1) is 0 Å². The number of aromatic nitrogens is 4. The highest BCUT2D eigenvalue weighted by atomic mass is 32.2. The molecule has 0 bridgehead atoms. The van der Waals surface area contributed by atoms with Crippen LogP contribution in [0.1, 0.15) is 66.1 Å². The number of carboxylic acid groups (broad SMARTS) is 3. The summed E-state index contributed by atoms with van der Waals surface area (Å²) in [5.41, 5.74) is 2.31. The van der Waals surface area contributed by atoms with Gasteiger partial charge in [0.15, 0.2) is 5.95 Å². The summed E-state index contributed by atoms with van der Waals surface area (Å²) in [5, 5.41) is 60.6. The summed E-state index contributed by atoms with van der Waals surface area (Å²) in [6.45, 7) is 12.1. The summed E-state index contributed by atoms with van der Waals surface area (Å²) < 4.78 is 63.6. The van der Waals surface area contributed by atoms with E-state index in [0.717, 1.165) is 11.9 Å². The number of aromatic amines is 1. The first kappa shape index (κ1) is 80.9. The highest BCUT2D eigenvalue weighted by Gasteiger charge is 2.30. The number of carbonyl (C=O) groups is 7. The molecule has 100 heavy (non-hydrogen) atoms. The molecule has 4 amide bonds. The SMILES string of the molecule is CCN1CCN(CC(=O)O)CCN(CC(=O)N[C@H](Cc2ccc(OSOOO)cc2)C(=O)NCCCOCCOCCOCCCNC(=O)CCCOc2cc(C)c(S(=O)(=O)N[C@@H](CNC(=O)c3ccc4c(cnn4CCCNc4ncc[nH]4)c3)C(=O)O)c(C)c2)CCN(CC(=O)O)CC1. The Morgan fingerprint density at radius 1 is 0.670 bits per heavy atom. The zero-order valence-electron chi connectivity index (χ0n) is 56.6. The number of likely N-dealkylation sites (N-methyl/N-ethyl adjacent to an activating group) is 1. The van der Waals surface area contributed by atoms with Gasteiger partial charge in [0.2, 0.25) is 27.7 Å². The number of benzene rings is 3. The van der Waals surface area contributed by atoms with Crippen LogP contribution in [0.25, 0.3) is 10.9 Å². The van der Waals surface area contributed by atoms with E-state index < -0.39 is 64.3 Å². The second-order valence-corrected chi connectivity index (χ2v) is 25.5. The third-order valence-corrected chi connectivity index (χ3v) is 17.9. The molecule has 11 N–H and O–H groups in total. The molecule has 34 nitrogen and oxygen atoms in total. The summed E-state index contributed by atoms with van der Waals surface area (Å²) in [5.74, 6) is -3.75. The van der Waals surface area contributed by atoms with Crippen molar-refractivity contribution >= 4 is 80.7 Å². The first-order valence-electron chi connectivity index (χ1n) is 33.0. The maximum absolute atomic E-state index is 13.8. The summed E-state index contributed by atoms with van der Waals surface area (Å²) in [6, 6.07) is 11.9. The molecule has 3 heterocycles. The minimum Gasteiger partial charge on any atom is -0.494 e. The number of carbonyl (C=O) groups excluding carboxylic acids is 4. The van der Waals surface area contributed by atoms with Gasteiger partial charge in [-0.3, -0.25) is 52.9 Å². The van der Waals surface area contributed by atoms with Crippen molar-refractivity contribution in [1.29, 1.82) is 0 Å². The van der Waals surface area contributed by atoms with E-state index in [-0.39, 0.29) is 68.6 Å². The molecule has 5 aromatic rings. The van der Waals surface area contributed by atoms with E-state index in [1.165, 1.54) is 12.1 Å². The summed E-state index contributed by atoms with van der Waals surface area (Å²) in [4.78, 5) is 104. The predicted molar refractivity (Wildman–Crippen MR) is 366 cm³/mol. The average Bonchev–Trinajstić information content (AvgIpc) is 1.12. The molecule has 1 saturated heterocycles. The molecule has 1 aliphatic heterocycles. The molecule has 6 rings (SSSR count). The number of nitrogens with zero attached hydrogens (tertiary/aromatic N) is 7. The molecule has 552 valence electrons. The number of sulfonamides is 1. The first-order chi connectivity index (χ1) is 48.2. The van der Waals surface area contributed by atoms with Crippen molar-refractivity contribution in [1.82, 2.24) is 65.3 Å². The predicted octanol–water partition coefficient (Wildman–Crippen LogP) is 1.76. The van der Waals surface area contributed by atoms with Crippen LogP contribution in [0.4, 0.5) is 5.95 Å². The number of nitrogens with one attached hydrogen (secondary N) is 7. The van der Waals surface area contributed by atoms with Crippen LogP contribution in [0.5, 0.6) is 11.5 Å². The largest absolute Gasteiger partial charge is 0.494 e. The molecule has 0 unspecified atom stereocenters. The van der Waals surface area contributed by atoms with Crippen LogP contribution in [-0.2, 0) is 75.3 Å². The maximum Gasteiger partial charge on any atom is 0.323 e. The van der Waals surface area contributed by atoms with Gasteiger partial charge in [0, 0.05) is 134 Å². The number of aliphatic carboxylic acids is 3. The summed E-state index contributed by atoms with van der Waals surface area (Å²) in [7, 11) is -4.40. The quantitative estimate of drug-likeness (QED) is 0.0114. The monoisotopic (exact) mass is 1440 g/mol. The van der Waals surface area contributed by atoms with E-state index in [4.69, 9.17) is 28.4 Å². The second-order valence-electron chi connectivity index (χ2n) is 23.4. The highest BCUT2D eigenvalue weighted by Crippen LogP contribution is 2.27. The van der Waals surface area contributed by atoms with E-state index in [2.05, 4.69) is 60.6 Å². The standard InChI is InChI=1S/C64H94N14O20S2/c1-4-74-22-24-76(44-58(81)82)28-26-75(27-29-77(25-23-74)45-59(83)84)43-57(80)72-53(39-48-10-13-51(14-11-48)96-99-98-97-89)62(86)66-18-8-31-93-34-36-94-35-33-92-30-7-17-65-56(79)9-5-32-95-52-37-46(2)60(47(3)38-52)100(90,91)73-54(63(87)88)42-70-61(85)49-12-15-55-50(40-49)41-71-78(55)21-6-16-67-64-68-19-20-69-64/h10-15,19-20,37-38,40-41,53-54,73,89H,4-9,16-18,21-36,39,42-45H2,1-3H3,(H,65,79)(H,66,86)(H,70,85)(H,72,80)(H,81,82)(H,83,84)(H,87,88)(H2,67,68,69)/t53-,54+/m1/s1. The normalized spacial score (nSPS) is 14.5. The smallest absolute Gasteiger partial charge is 0.323 e. The number of rotatable bonds is 46. The first-order valence-corrected chi connectivity index (χ1v) is 35.1. The van der Waals surface area contributed by atoms with Crippen molar-refractivity contribution in [3.05, 3.63) is 95.4 Å². The fourth-order valence-electron chi connectivity index (χ4n) is 10.7. The third kappa shape index (κ3) is 30.0. The Bertz CT molecular complexity index is 3410. The van der Waals surface area contributed by atoms with Crippen LogP contribution >= 0.6 is 12.3 Å². The lowest BCUT2D eigenvalue weighted by atomic mass is 10.0. The van der Waals surface area contributed by atoms with Gasteiger partial charge in [0.25, 0.3) is 18.2 Å². The van der Waals surface area contributed by atoms with Crippen LogP contribution in [-0.4, -0.2) is 273 Å². The van der Waals surface area contributed by atoms with Crippen molar-refractivity contribution in [2.45, 2.75) is 82.8 Å². The van der Waals surface area contributed by atoms with Gasteiger partial charge in [-0.25, -0.2) is 18.7 Å². The Morgan fingerprint density at radius 2 is 1.28 bits per heavy atom. The van der Waals surface area contributed by atoms with Gasteiger partial charge in [0.05, 0.1) is 69.3 Å². The molecule has 0 spiro atoms. The number of anilines is 1. The molecule has 0 radical (unpaired) electrons. The van der Waals surface area contributed by atoms with Gasteiger partial charge < -0.3 is 74.9 Å². The van der Waals surface area contributed by atoms with Crippen LogP contribution in [0.3, 0.4) is 0 Å². The van der Waals surface area contributed by atoms with Crippen molar-refractivity contribution in [3.8, 4) is 11.5 Å². The molecule has 36 heteroatoms. The third-order valence-electron chi connectivity index (χ3n) is 15.8. The number of carboxylic acids is 3. The van der Waals surface area contributed by atoms with Crippen LogP contribution in [0.15, 0.2) is 78.1 Å². The lowest BCUT2D eigenvalue weighted by Gasteiger charge is -2.33. The second kappa shape index (κ2) is 44.2. The number of hydrogen-bond acceptors (Lipinski definition) is 25. The average molecular weight is 1440 g/mol. The van der Waals surface area contributed by atoms with E-state index in [1.807, 2.05) is 26.3 Å². The number of fused-ring (bicyclic) bond motifs is 1. The van der Waals surface area contributed by atoms with Crippen molar-refractivity contribution in [2.75, 3.05) is 156 Å². The molecule has 2 atom stereocenters. The zero-order valence-corrected chi connectivity index (χ0v) is 58.2. The number of amides is 4. The van der Waals surface area contributed by atoms with Crippen molar-refractivity contribution < 1.29 is 95.1 Å². The minimum absolute atomic E-state index is 0.0982. The van der Waals surface area contributed by atoms with Crippen molar-refractivity contribution in [3.63, 3.8) is 0 Å². The Hall–Kier alpha value is -8.11. The Morgan fingerprint density at radius 3 is 1.87 bits per heavy atom. The van der Waals surface area contributed by atoms with Crippen molar-refractivity contribution in [2.24, 2.45) is 0 Å². The molecule has 0 saturated carbocycles. The van der Waals surface area contributed by atoms with Gasteiger partial charge in [0.1, 0.15) is 23.6 Å². The number of ether oxygens (including phenoxy) is 4. The van der Waals surface area contributed by atoms with E-state index in [0.29, 0.717) is 183 Å². The molecule has 1 aliphatic rings. The molecule has 1 fully saturated rings. The molecule has 3 aromatic carbocycles. The van der Waals surface area contributed by atoms with E-state index >= 15 is 0 Å². The molecule has 2 aromatic heterocycles. The lowest BCUT2D eigenvalue weighted by Crippen LogP contribution is -2.52. The maximum atomic E-state index is 13.8. The topological polar surface area (TPSA) is 431 Å². The van der Waals surface area contributed by atoms with E-state index in [1.54, 1.807) is 74.9 Å². The van der Waals surface area contributed by atoms with Gasteiger partial charge in [-0.1, -0.05) is 28.4 Å². The number of H-pyrrole nitrogens is 1. The summed E-state index contributed by atoms with van der Waals surface area (Å²) >= 11 is 0.378. The van der Waals surface area contributed by atoms with Gasteiger partial charge in [-0.05, 0) is 105 Å². The fraction of sp³-hybridized carbons (Fsp3) is 0.547. The Labute approximate surface area is 584 Å². The minimum atomic E-state index is -4.40. The number of aryl methyl sites for hydroxylation is 3. The number of hydrogen-bond donors (Lipinski definition) is 11.